The second-order valence-corrected chi connectivity index (χ2v) is 14.3. The first kappa shape index (κ1) is 23.3. The number of carbonyl (C=O) groups is 2. The van der Waals surface area contributed by atoms with E-state index in [9.17, 15) is 9.59 Å². The van der Waals surface area contributed by atoms with Gasteiger partial charge >= 0.3 is 186 Å². The average Bonchev–Trinajstić information content (AvgIpc) is 2.68. The van der Waals surface area contributed by atoms with Gasteiger partial charge in [0.2, 0.25) is 0 Å². The number of esters is 1. The first-order valence-electron chi connectivity index (χ1n) is 10.8. The van der Waals surface area contributed by atoms with Crippen LogP contribution in [0.25, 0.3) is 0 Å². The number of carbonyl (C=O) groups excluding carboxylic acids is 2. The summed E-state index contributed by atoms with van der Waals surface area (Å²) in [5.74, 6) is 0.612. The van der Waals surface area contributed by atoms with Gasteiger partial charge in [0.15, 0.2) is 0 Å². The molecule has 0 saturated heterocycles. The van der Waals surface area contributed by atoms with Crippen LogP contribution in [0.4, 0.5) is 5.69 Å². The molecular weight excluding hydrogens is 409 g/mol. The Morgan fingerprint density at radius 3 is 2.19 bits per heavy atom. The number of nitrogens with one attached hydrogen (secondary N) is 1. The predicted octanol–water partition coefficient (Wildman–Crippen LogP) is 4.93. The van der Waals surface area contributed by atoms with Crippen LogP contribution in [0.1, 0.15) is 36.0 Å². The van der Waals surface area contributed by atoms with Crippen molar-refractivity contribution >= 4 is 24.8 Å². The Morgan fingerprint density at radius 2 is 1.68 bits per heavy atom. The summed E-state index contributed by atoms with van der Waals surface area (Å²) in [5, 5.41) is 2.75. The van der Waals surface area contributed by atoms with E-state index < -0.39 is 12.4 Å². The van der Waals surface area contributed by atoms with Gasteiger partial charge < -0.3 is 0 Å². The summed E-state index contributed by atoms with van der Waals surface area (Å²) < 4.78 is 10.9. The van der Waals surface area contributed by atoms with Gasteiger partial charge in [0.1, 0.15) is 0 Å². The van der Waals surface area contributed by atoms with Gasteiger partial charge in [-0.25, -0.2) is 0 Å². The molecule has 1 amide bonds. The molecule has 0 aliphatic heterocycles. The molecule has 5 nitrogen and oxygen atoms in total. The number of methoxy groups -OCH3 is 1. The van der Waals surface area contributed by atoms with Crippen molar-refractivity contribution in [3.05, 3.63) is 59.2 Å². The minimum absolute atomic E-state index is 0.0441. The molecule has 1 N–H and O–H groups in total. The Kier molecular flexibility index (Phi) is 7.06. The normalized spacial score (nSPS) is 15.5. The Bertz CT molecular complexity index is 928. The van der Waals surface area contributed by atoms with E-state index in [-0.39, 0.29) is 18.5 Å². The molecule has 2 aromatic rings. The van der Waals surface area contributed by atoms with Gasteiger partial charge in [-0.2, -0.15) is 0 Å². The standard InChI is InChI=1S/C25H34NO4P/c1-18-14-21(29-3)15-19(2)23(18)26-24(28)25(12-9-13-25)31(4,5)17-22(27)30-16-20-10-7-6-8-11-20/h6-8,10-11,14-15,31H,9,12-13,16-17H2,1-5H3,(H,26,28). The van der Waals surface area contributed by atoms with Crippen molar-refractivity contribution in [1.29, 1.82) is 0 Å². The van der Waals surface area contributed by atoms with E-state index >= 15 is 0 Å². The van der Waals surface area contributed by atoms with E-state index in [1.54, 1.807) is 7.11 Å². The topological polar surface area (TPSA) is 64.6 Å². The van der Waals surface area contributed by atoms with Crippen LogP contribution in [0, 0.1) is 13.8 Å². The minimum atomic E-state index is -2.25. The van der Waals surface area contributed by atoms with Crippen LogP contribution >= 0.6 is 7.26 Å². The van der Waals surface area contributed by atoms with Crippen molar-refractivity contribution in [2.24, 2.45) is 0 Å². The zero-order valence-corrected chi connectivity index (χ0v) is 20.2. The molecule has 1 fully saturated rings. The van der Waals surface area contributed by atoms with Gasteiger partial charge in [-0.1, -0.05) is 0 Å². The van der Waals surface area contributed by atoms with Gasteiger partial charge in [0, 0.05) is 0 Å². The van der Waals surface area contributed by atoms with E-state index in [0.717, 1.165) is 47.4 Å². The van der Waals surface area contributed by atoms with E-state index in [1.165, 1.54) is 0 Å². The summed E-state index contributed by atoms with van der Waals surface area (Å²) in [6.45, 7) is 8.50. The van der Waals surface area contributed by atoms with Crippen LogP contribution in [-0.4, -0.2) is 43.6 Å². The molecule has 1 aliphatic carbocycles. The number of rotatable bonds is 8. The molecule has 0 spiro atoms. The van der Waals surface area contributed by atoms with E-state index in [4.69, 9.17) is 9.47 Å². The van der Waals surface area contributed by atoms with Crippen molar-refractivity contribution in [3.8, 4) is 5.75 Å². The van der Waals surface area contributed by atoms with Crippen molar-refractivity contribution in [3.63, 3.8) is 0 Å². The monoisotopic (exact) mass is 443 g/mol. The number of benzene rings is 2. The molecule has 0 unspecified atom stereocenters. The molecule has 168 valence electrons. The Balaban J connectivity index is 1.71. The SMILES string of the molecule is COc1cc(C)c(NC(=O)C2([PH](C)(C)CC(=O)OCc3ccccc3)CCC2)c(C)c1. The van der Waals surface area contributed by atoms with E-state index in [1.807, 2.05) is 56.3 Å². The second kappa shape index (κ2) is 9.40. The predicted molar refractivity (Wildman–Crippen MR) is 129 cm³/mol. The zero-order valence-electron chi connectivity index (χ0n) is 19.2. The number of hydrogen-bond donors (Lipinski definition) is 1. The van der Waals surface area contributed by atoms with Crippen LogP contribution in [0.15, 0.2) is 42.5 Å². The van der Waals surface area contributed by atoms with E-state index in [0.29, 0.717) is 6.16 Å². The zero-order chi connectivity index (χ0) is 22.6. The summed E-state index contributed by atoms with van der Waals surface area (Å²) >= 11 is 0. The van der Waals surface area contributed by atoms with Crippen LogP contribution in [-0.2, 0) is 20.9 Å². The van der Waals surface area contributed by atoms with Crippen LogP contribution < -0.4 is 10.1 Å². The van der Waals surface area contributed by atoms with Crippen LogP contribution in [0.5, 0.6) is 5.75 Å². The number of aryl methyl sites for hydroxylation is 2. The molecule has 0 bridgehead atoms. The maximum atomic E-state index is 13.5. The molecule has 6 heteroatoms. The fourth-order valence-electron chi connectivity index (χ4n) is 4.53. The molecule has 0 atom stereocenters. The third-order valence-corrected chi connectivity index (χ3v) is 11.2. The van der Waals surface area contributed by atoms with Gasteiger partial charge in [0.25, 0.3) is 0 Å². The van der Waals surface area contributed by atoms with Crippen molar-refractivity contribution in [2.75, 3.05) is 31.9 Å². The molecule has 1 aliphatic rings. The number of anilines is 1. The van der Waals surface area contributed by atoms with Crippen LogP contribution in [0.3, 0.4) is 0 Å². The second-order valence-electron chi connectivity index (χ2n) is 9.23. The number of ether oxygens (including phenoxy) is 2. The van der Waals surface area contributed by atoms with E-state index in [2.05, 4.69) is 18.6 Å². The molecular formula is C25H34NO4P. The fourth-order valence-corrected chi connectivity index (χ4v) is 8.08. The fraction of sp³-hybridized carbons (Fsp3) is 0.440. The molecule has 2 aromatic carbocycles. The number of amides is 1. The van der Waals surface area contributed by atoms with Gasteiger partial charge in [-0.3, -0.25) is 0 Å². The quantitative estimate of drug-likeness (QED) is 0.464. The van der Waals surface area contributed by atoms with Crippen LogP contribution in [0.2, 0.25) is 0 Å². The van der Waals surface area contributed by atoms with Crippen molar-refractivity contribution in [1.82, 2.24) is 0 Å². The van der Waals surface area contributed by atoms with Crippen molar-refractivity contribution < 1.29 is 19.1 Å². The number of hydrogen-bond acceptors (Lipinski definition) is 4. The third kappa shape index (κ3) is 4.93. The third-order valence-electron chi connectivity index (χ3n) is 6.75. The summed E-state index contributed by atoms with van der Waals surface area (Å²) in [6, 6.07) is 13.5. The van der Waals surface area contributed by atoms with Gasteiger partial charge in [-0.05, 0) is 0 Å². The Labute approximate surface area is 185 Å². The first-order chi connectivity index (χ1) is 14.7. The summed E-state index contributed by atoms with van der Waals surface area (Å²) in [6.07, 6.45) is 3.02. The molecule has 0 heterocycles. The Morgan fingerprint density at radius 1 is 1.06 bits per heavy atom. The van der Waals surface area contributed by atoms with Gasteiger partial charge in [0.05, 0.1) is 0 Å². The summed E-state index contributed by atoms with van der Waals surface area (Å²) in [5.41, 5.74) is 3.76. The molecule has 0 radical (unpaired) electrons. The molecule has 3 rings (SSSR count). The van der Waals surface area contributed by atoms with Gasteiger partial charge in [-0.15, -0.1) is 0 Å². The molecule has 31 heavy (non-hydrogen) atoms. The molecule has 0 aromatic heterocycles. The molecule has 1 saturated carbocycles. The average molecular weight is 444 g/mol. The van der Waals surface area contributed by atoms with Crippen molar-refractivity contribution in [2.45, 2.75) is 44.9 Å². The first-order valence-corrected chi connectivity index (χ1v) is 14.1. The maximum absolute atomic E-state index is 13.5. The summed E-state index contributed by atoms with van der Waals surface area (Å²) in [7, 11) is -0.612. The summed E-state index contributed by atoms with van der Waals surface area (Å²) in [4.78, 5) is 26.2. The Hall–Kier alpha value is -2.39.